The van der Waals surface area contributed by atoms with Crippen molar-refractivity contribution < 1.29 is 23.0 Å². The van der Waals surface area contributed by atoms with Gasteiger partial charge in [-0.2, -0.15) is 13.2 Å². The number of aromatic hydroxyl groups is 1. The van der Waals surface area contributed by atoms with Crippen LogP contribution in [-0.2, 0) is 6.18 Å². The van der Waals surface area contributed by atoms with Crippen molar-refractivity contribution in [1.29, 1.82) is 0 Å². The zero-order valence-electron chi connectivity index (χ0n) is 13.3. The molecule has 0 aliphatic carbocycles. The fraction of sp³-hybridized carbons (Fsp3) is 0.176. The molecule has 1 heterocycles. The molecule has 0 saturated carbocycles. The van der Waals surface area contributed by atoms with Gasteiger partial charge in [-0.1, -0.05) is 17.7 Å². The number of hydrogen-bond donors (Lipinski definition) is 2. The maximum absolute atomic E-state index is 13.4. The van der Waals surface area contributed by atoms with Crippen molar-refractivity contribution in [3.63, 3.8) is 0 Å². The molecule has 25 heavy (non-hydrogen) atoms. The van der Waals surface area contributed by atoms with Crippen LogP contribution in [0.4, 0.5) is 24.8 Å². The maximum Gasteiger partial charge on any atom is 0.434 e. The van der Waals surface area contributed by atoms with Gasteiger partial charge in [-0.25, -0.2) is 9.97 Å². The molecular formula is C17H14F3N3O2. The van der Waals surface area contributed by atoms with Crippen molar-refractivity contribution in [1.82, 2.24) is 9.97 Å². The number of rotatable bonds is 3. The largest absolute Gasteiger partial charge is 0.504 e. The van der Waals surface area contributed by atoms with Crippen molar-refractivity contribution in [2.45, 2.75) is 13.1 Å². The number of fused-ring (bicyclic) bond motifs is 1. The fourth-order valence-electron chi connectivity index (χ4n) is 2.35. The van der Waals surface area contributed by atoms with E-state index in [4.69, 9.17) is 4.74 Å². The molecule has 3 rings (SSSR count). The van der Waals surface area contributed by atoms with E-state index >= 15 is 0 Å². The minimum Gasteiger partial charge on any atom is -0.504 e. The predicted molar refractivity (Wildman–Crippen MR) is 87.2 cm³/mol. The number of anilines is 2. The number of halogens is 3. The van der Waals surface area contributed by atoms with Crippen LogP contribution in [0, 0.1) is 6.92 Å². The van der Waals surface area contributed by atoms with Crippen LogP contribution >= 0.6 is 0 Å². The number of methoxy groups -OCH3 is 1. The van der Waals surface area contributed by atoms with Gasteiger partial charge < -0.3 is 15.2 Å². The lowest BCUT2D eigenvalue weighted by molar-refractivity contribution is -0.139. The second kappa shape index (κ2) is 6.12. The Bertz CT molecular complexity index is 925. The third-order valence-corrected chi connectivity index (χ3v) is 3.57. The van der Waals surface area contributed by atoms with Crippen LogP contribution in [-0.4, -0.2) is 22.2 Å². The predicted octanol–water partition coefficient (Wildman–Crippen LogP) is 4.41. The molecule has 0 fully saturated rings. The number of nitrogens with zero attached hydrogens (tertiary/aromatic N) is 2. The van der Waals surface area contributed by atoms with E-state index in [1.165, 1.54) is 7.11 Å². The normalized spacial score (nSPS) is 11.6. The van der Waals surface area contributed by atoms with Crippen LogP contribution in [0.1, 0.15) is 11.3 Å². The van der Waals surface area contributed by atoms with Gasteiger partial charge in [0.25, 0.3) is 0 Å². The van der Waals surface area contributed by atoms with E-state index < -0.39 is 11.9 Å². The highest BCUT2D eigenvalue weighted by Crippen LogP contribution is 2.38. The standard InChI is InChI=1S/C17H14F3N3O2/c1-9-3-5-10(6-4-9)21-16-22-12-8-13(24)14(25-2)7-11(12)15(23-16)17(18,19)20/h3-8,24H,1-2H3,(H,21,22,23). The molecule has 2 aromatic carbocycles. The highest BCUT2D eigenvalue weighted by Gasteiger charge is 2.36. The number of nitrogens with one attached hydrogen (secondary N) is 1. The van der Waals surface area contributed by atoms with E-state index in [1.54, 1.807) is 12.1 Å². The third-order valence-electron chi connectivity index (χ3n) is 3.57. The zero-order valence-corrected chi connectivity index (χ0v) is 13.3. The van der Waals surface area contributed by atoms with Crippen LogP contribution in [0.25, 0.3) is 10.9 Å². The molecule has 3 aromatic rings. The number of hydrogen-bond acceptors (Lipinski definition) is 5. The SMILES string of the molecule is COc1cc2c(C(F)(F)F)nc(Nc3ccc(C)cc3)nc2cc1O. The first-order chi connectivity index (χ1) is 11.8. The third kappa shape index (κ3) is 3.42. The van der Waals surface area contributed by atoms with E-state index in [0.717, 1.165) is 17.7 Å². The van der Waals surface area contributed by atoms with E-state index in [9.17, 15) is 18.3 Å². The van der Waals surface area contributed by atoms with E-state index in [-0.39, 0.29) is 28.4 Å². The summed E-state index contributed by atoms with van der Waals surface area (Å²) in [4.78, 5) is 7.68. The lowest BCUT2D eigenvalue weighted by Crippen LogP contribution is -2.12. The summed E-state index contributed by atoms with van der Waals surface area (Å²) in [5.41, 5.74) is 0.412. The average Bonchev–Trinajstić information content (AvgIpc) is 2.54. The Labute approximate surface area is 141 Å². The lowest BCUT2D eigenvalue weighted by Gasteiger charge is -2.14. The summed E-state index contributed by atoms with van der Waals surface area (Å²) < 4.78 is 45.1. The van der Waals surface area contributed by atoms with Gasteiger partial charge in [0.15, 0.2) is 17.2 Å². The number of alkyl halides is 3. The van der Waals surface area contributed by atoms with Crippen molar-refractivity contribution in [3.05, 3.63) is 47.7 Å². The molecule has 0 saturated heterocycles. The van der Waals surface area contributed by atoms with Crippen molar-refractivity contribution in [2.24, 2.45) is 0 Å². The van der Waals surface area contributed by atoms with Crippen LogP contribution < -0.4 is 10.1 Å². The minimum atomic E-state index is -4.69. The van der Waals surface area contributed by atoms with Gasteiger partial charge in [-0.3, -0.25) is 0 Å². The highest BCUT2D eigenvalue weighted by atomic mass is 19.4. The summed E-state index contributed by atoms with van der Waals surface area (Å²) in [6.07, 6.45) is -4.69. The molecule has 0 amide bonds. The van der Waals surface area contributed by atoms with Crippen molar-refractivity contribution in [3.8, 4) is 11.5 Å². The number of aryl methyl sites for hydroxylation is 1. The summed E-state index contributed by atoms with van der Waals surface area (Å²) >= 11 is 0. The lowest BCUT2D eigenvalue weighted by atomic mass is 10.1. The first-order valence-corrected chi connectivity index (χ1v) is 7.27. The maximum atomic E-state index is 13.4. The van der Waals surface area contributed by atoms with Gasteiger partial charge in [0.05, 0.1) is 12.6 Å². The summed E-state index contributed by atoms with van der Waals surface area (Å²) in [5.74, 6) is -0.600. The molecule has 8 heteroatoms. The molecule has 0 spiro atoms. The highest BCUT2D eigenvalue weighted by molar-refractivity contribution is 5.86. The summed E-state index contributed by atoms with van der Waals surface area (Å²) in [6.45, 7) is 1.90. The quantitative estimate of drug-likeness (QED) is 0.733. The summed E-state index contributed by atoms with van der Waals surface area (Å²) in [6, 6.07) is 9.23. The molecule has 1 aromatic heterocycles. The molecular weight excluding hydrogens is 335 g/mol. The Hall–Kier alpha value is -3.03. The van der Waals surface area contributed by atoms with E-state index in [2.05, 4.69) is 15.3 Å². The van der Waals surface area contributed by atoms with Gasteiger partial charge in [0, 0.05) is 17.1 Å². The molecule has 0 bridgehead atoms. The Morgan fingerprint density at radius 3 is 2.36 bits per heavy atom. The van der Waals surface area contributed by atoms with Crippen LogP contribution in [0.2, 0.25) is 0 Å². The Morgan fingerprint density at radius 1 is 1.08 bits per heavy atom. The Kier molecular flexibility index (Phi) is 4.12. The summed E-state index contributed by atoms with van der Waals surface area (Å²) in [5, 5.41) is 12.3. The second-order valence-corrected chi connectivity index (χ2v) is 5.43. The minimum absolute atomic E-state index is 0.0461. The zero-order chi connectivity index (χ0) is 18.2. The molecule has 0 radical (unpaired) electrons. The average molecular weight is 349 g/mol. The van der Waals surface area contributed by atoms with E-state index in [0.29, 0.717) is 5.69 Å². The smallest absolute Gasteiger partial charge is 0.434 e. The number of aromatic nitrogens is 2. The van der Waals surface area contributed by atoms with Gasteiger partial charge in [0.2, 0.25) is 5.95 Å². The van der Waals surface area contributed by atoms with Crippen molar-refractivity contribution >= 4 is 22.5 Å². The van der Waals surface area contributed by atoms with Gasteiger partial charge in [0.1, 0.15) is 0 Å². The molecule has 0 aliphatic rings. The Balaban J connectivity index is 2.15. The van der Waals surface area contributed by atoms with Crippen LogP contribution in [0.5, 0.6) is 11.5 Å². The first-order valence-electron chi connectivity index (χ1n) is 7.27. The molecule has 0 unspecified atom stereocenters. The Morgan fingerprint density at radius 2 is 1.76 bits per heavy atom. The summed E-state index contributed by atoms with van der Waals surface area (Å²) in [7, 11) is 1.25. The molecule has 5 nitrogen and oxygen atoms in total. The number of phenols is 1. The number of ether oxygens (including phenoxy) is 1. The first kappa shape index (κ1) is 16.8. The van der Waals surface area contributed by atoms with Crippen molar-refractivity contribution in [2.75, 3.05) is 12.4 Å². The fourth-order valence-corrected chi connectivity index (χ4v) is 2.35. The topological polar surface area (TPSA) is 67.3 Å². The molecule has 0 aliphatic heterocycles. The van der Waals surface area contributed by atoms with E-state index in [1.807, 2.05) is 19.1 Å². The van der Waals surface area contributed by atoms with Gasteiger partial charge in [-0.05, 0) is 25.1 Å². The molecule has 2 N–H and O–H groups in total. The number of phenolic OH excluding ortho intramolecular Hbond substituents is 1. The second-order valence-electron chi connectivity index (χ2n) is 5.43. The van der Waals surface area contributed by atoms with Gasteiger partial charge in [-0.15, -0.1) is 0 Å². The van der Waals surface area contributed by atoms with Gasteiger partial charge >= 0.3 is 6.18 Å². The van der Waals surface area contributed by atoms with Crippen LogP contribution in [0.15, 0.2) is 36.4 Å². The number of benzene rings is 2. The van der Waals surface area contributed by atoms with Crippen LogP contribution in [0.3, 0.4) is 0 Å². The molecule has 130 valence electrons. The monoisotopic (exact) mass is 349 g/mol. The molecule has 0 atom stereocenters.